The summed E-state index contributed by atoms with van der Waals surface area (Å²) in [5.74, 6) is 0. The molecule has 4 aromatic carbocycles. The highest BCUT2D eigenvalue weighted by Gasteiger charge is 2.27. The van der Waals surface area contributed by atoms with E-state index in [1.165, 1.54) is 60.9 Å². The van der Waals surface area contributed by atoms with Gasteiger partial charge in [0.15, 0.2) is 0 Å². The average molecular weight is 502 g/mol. The second kappa shape index (κ2) is 8.87. The van der Waals surface area contributed by atoms with Crippen molar-refractivity contribution in [3.05, 3.63) is 101 Å². The lowest BCUT2D eigenvalue weighted by atomic mass is 9.80. The van der Waals surface area contributed by atoms with E-state index in [2.05, 4.69) is 153 Å². The average Bonchev–Trinajstić information content (AvgIpc) is 3.15. The second-order valence-electron chi connectivity index (χ2n) is 14.1. The predicted octanol–water partition coefficient (Wildman–Crippen LogP) is 10.7. The molecule has 0 saturated carbocycles. The third kappa shape index (κ3) is 4.57. The summed E-state index contributed by atoms with van der Waals surface area (Å²) >= 11 is 0. The van der Waals surface area contributed by atoms with Gasteiger partial charge in [0.05, 0.1) is 16.7 Å². The first-order chi connectivity index (χ1) is 17.7. The van der Waals surface area contributed by atoms with E-state index >= 15 is 0 Å². The van der Waals surface area contributed by atoms with E-state index in [4.69, 9.17) is 0 Å². The van der Waals surface area contributed by atoms with Crippen molar-refractivity contribution in [3.63, 3.8) is 0 Å². The molecular formula is C37H43N. The number of aromatic nitrogens is 1. The summed E-state index contributed by atoms with van der Waals surface area (Å²) in [6, 6.07) is 30.0. The van der Waals surface area contributed by atoms with Crippen LogP contribution in [0.4, 0.5) is 0 Å². The Morgan fingerprint density at radius 2 is 1.03 bits per heavy atom. The number of hydrogen-bond acceptors (Lipinski definition) is 0. The van der Waals surface area contributed by atoms with Crippen LogP contribution >= 0.6 is 0 Å². The van der Waals surface area contributed by atoms with Crippen LogP contribution in [-0.2, 0) is 16.2 Å². The van der Waals surface area contributed by atoms with Gasteiger partial charge in [0.25, 0.3) is 0 Å². The third-order valence-corrected chi connectivity index (χ3v) is 7.90. The van der Waals surface area contributed by atoms with Crippen LogP contribution in [0.2, 0.25) is 0 Å². The zero-order valence-electron chi connectivity index (χ0n) is 25.0. The summed E-state index contributed by atoms with van der Waals surface area (Å²) in [7, 11) is 0. The fourth-order valence-corrected chi connectivity index (χ4v) is 5.70. The lowest BCUT2D eigenvalue weighted by Gasteiger charge is -2.28. The number of hydrogen-bond donors (Lipinski definition) is 0. The summed E-state index contributed by atoms with van der Waals surface area (Å²) in [5, 5.41) is 2.63. The summed E-state index contributed by atoms with van der Waals surface area (Å²) in [4.78, 5) is 0. The first kappa shape index (κ1) is 26.3. The molecule has 0 N–H and O–H groups in total. The van der Waals surface area contributed by atoms with Gasteiger partial charge in [-0.15, -0.1) is 0 Å². The molecular weight excluding hydrogens is 458 g/mol. The highest BCUT2D eigenvalue weighted by molar-refractivity contribution is 6.10. The highest BCUT2D eigenvalue weighted by Crippen LogP contribution is 2.42. The smallest absolute Gasteiger partial charge is 0.0544 e. The molecule has 0 radical (unpaired) electrons. The second-order valence-corrected chi connectivity index (χ2v) is 14.1. The Morgan fingerprint density at radius 1 is 0.526 bits per heavy atom. The van der Waals surface area contributed by atoms with Gasteiger partial charge in [0.2, 0.25) is 0 Å². The fraction of sp³-hybridized carbons (Fsp3) is 0.351. The minimum Gasteiger partial charge on any atom is -0.309 e. The van der Waals surface area contributed by atoms with Crippen molar-refractivity contribution >= 4 is 21.8 Å². The summed E-state index contributed by atoms with van der Waals surface area (Å²) in [6.45, 7) is 23.0. The zero-order valence-corrected chi connectivity index (χ0v) is 25.0. The molecule has 0 unspecified atom stereocenters. The fourth-order valence-electron chi connectivity index (χ4n) is 5.70. The first-order valence-corrected chi connectivity index (χ1v) is 14.0. The van der Waals surface area contributed by atoms with Crippen molar-refractivity contribution < 1.29 is 0 Å². The number of rotatable bonds is 2. The molecule has 0 saturated heterocycles. The Labute approximate surface area is 229 Å². The molecule has 0 spiro atoms. The van der Waals surface area contributed by atoms with Crippen LogP contribution in [0.3, 0.4) is 0 Å². The predicted molar refractivity (Wildman–Crippen MR) is 167 cm³/mol. The van der Waals surface area contributed by atoms with E-state index in [9.17, 15) is 0 Å². The van der Waals surface area contributed by atoms with Gasteiger partial charge in [-0.25, -0.2) is 0 Å². The molecule has 0 aliphatic carbocycles. The SMILES string of the molecule is Cc1ccc(-c2cccc(-n3c4cc(C(C)(C)C)ccc4c4ccc(C(C)(C)C)cc43)c2C(C)(C)C)cc1. The van der Waals surface area contributed by atoms with E-state index in [0.717, 1.165) is 0 Å². The van der Waals surface area contributed by atoms with Gasteiger partial charge in [-0.1, -0.05) is 129 Å². The molecule has 0 fully saturated rings. The van der Waals surface area contributed by atoms with Crippen LogP contribution < -0.4 is 0 Å². The Hall–Kier alpha value is -3.32. The van der Waals surface area contributed by atoms with Crippen molar-refractivity contribution in [1.82, 2.24) is 4.57 Å². The molecule has 0 aliphatic rings. The van der Waals surface area contributed by atoms with Crippen LogP contribution in [0, 0.1) is 6.92 Å². The lowest BCUT2D eigenvalue weighted by Crippen LogP contribution is -2.17. The molecule has 1 heterocycles. The molecule has 1 nitrogen and oxygen atoms in total. The van der Waals surface area contributed by atoms with Crippen molar-refractivity contribution in [1.29, 1.82) is 0 Å². The van der Waals surface area contributed by atoms with Crippen molar-refractivity contribution in [2.24, 2.45) is 0 Å². The molecule has 0 atom stereocenters. The molecule has 0 aliphatic heterocycles. The topological polar surface area (TPSA) is 4.93 Å². The van der Waals surface area contributed by atoms with Gasteiger partial charge in [0.1, 0.15) is 0 Å². The maximum absolute atomic E-state index is 2.55. The number of aryl methyl sites for hydroxylation is 1. The molecule has 1 aromatic heterocycles. The van der Waals surface area contributed by atoms with Gasteiger partial charge in [-0.2, -0.15) is 0 Å². The monoisotopic (exact) mass is 501 g/mol. The third-order valence-electron chi connectivity index (χ3n) is 7.90. The Bertz CT molecular complexity index is 1570. The molecule has 196 valence electrons. The van der Waals surface area contributed by atoms with Crippen LogP contribution in [0.15, 0.2) is 78.9 Å². The Balaban J connectivity index is 1.95. The first-order valence-electron chi connectivity index (χ1n) is 14.0. The molecule has 5 aromatic rings. The largest absolute Gasteiger partial charge is 0.309 e. The van der Waals surface area contributed by atoms with Crippen LogP contribution in [-0.4, -0.2) is 4.57 Å². The van der Waals surface area contributed by atoms with Crippen LogP contribution in [0.5, 0.6) is 0 Å². The van der Waals surface area contributed by atoms with E-state index < -0.39 is 0 Å². The van der Waals surface area contributed by atoms with Crippen LogP contribution in [0.25, 0.3) is 38.6 Å². The van der Waals surface area contributed by atoms with E-state index in [-0.39, 0.29) is 16.2 Å². The summed E-state index contributed by atoms with van der Waals surface area (Å²) in [5.41, 5.74) is 11.9. The minimum absolute atomic E-state index is 0.0526. The maximum atomic E-state index is 2.55. The van der Waals surface area contributed by atoms with Crippen molar-refractivity contribution in [2.75, 3.05) is 0 Å². The van der Waals surface area contributed by atoms with Crippen molar-refractivity contribution in [2.45, 2.75) is 85.5 Å². The quantitative estimate of drug-likeness (QED) is 0.227. The van der Waals surface area contributed by atoms with Crippen molar-refractivity contribution in [3.8, 4) is 16.8 Å². The Kier molecular flexibility index (Phi) is 6.14. The van der Waals surface area contributed by atoms with Gasteiger partial charge < -0.3 is 4.57 Å². The van der Waals surface area contributed by atoms with Gasteiger partial charge in [-0.3, -0.25) is 0 Å². The molecule has 38 heavy (non-hydrogen) atoms. The van der Waals surface area contributed by atoms with Gasteiger partial charge >= 0.3 is 0 Å². The Morgan fingerprint density at radius 3 is 1.47 bits per heavy atom. The minimum atomic E-state index is -0.0526. The summed E-state index contributed by atoms with van der Waals surface area (Å²) in [6.07, 6.45) is 0. The normalized spacial score (nSPS) is 13.0. The van der Waals surface area contributed by atoms with Gasteiger partial charge in [0, 0.05) is 10.8 Å². The number of nitrogens with zero attached hydrogens (tertiary/aromatic N) is 1. The standard InChI is InChI=1S/C37H43N/c1-24-14-16-25(17-15-24)28-12-11-13-31(34(28)37(8,9)10)38-32-22-26(35(2,3)4)18-20-29(32)30-21-19-27(23-33(30)38)36(5,6)7/h11-23H,1-10H3. The number of benzene rings is 4. The molecule has 0 amide bonds. The molecule has 0 bridgehead atoms. The van der Waals surface area contributed by atoms with E-state index in [1.807, 2.05) is 0 Å². The molecule has 1 heteroatoms. The highest BCUT2D eigenvalue weighted by atomic mass is 15.0. The number of fused-ring (bicyclic) bond motifs is 3. The van der Waals surface area contributed by atoms with Crippen LogP contribution in [0.1, 0.15) is 84.6 Å². The van der Waals surface area contributed by atoms with E-state index in [1.54, 1.807) is 0 Å². The van der Waals surface area contributed by atoms with Gasteiger partial charge in [-0.05, 0) is 69.2 Å². The lowest BCUT2D eigenvalue weighted by molar-refractivity contribution is 0.587. The maximum Gasteiger partial charge on any atom is 0.0544 e. The van der Waals surface area contributed by atoms with E-state index in [0.29, 0.717) is 0 Å². The zero-order chi connectivity index (χ0) is 27.6. The molecule has 5 rings (SSSR count). The summed E-state index contributed by atoms with van der Waals surface area (Å²) < 4.78 is 2.55.